The molecule has 0 bridgehead atoms. The zero-order chi connectivity index (χ0) is 11.1. The molecule has 0 saturated carbocycles. The van der Waals surface area contributed by atoms with Gasteiger partial charge in [-0.1, -0.05) is 0 Å². The summed E-state index contributed by atoms with van der Waals surface area (Å²) < 4.78 is 1.74. The maximum absolute atomic E-state index is 5.90. The predicted octanol–water partition coefficient (Wildman–Crippen LogP) is -0.521. The molecule has 0 atom stereocenters. The minimum absolute atomic E-state index is 0.158. The maximum atomic E-state index is 5.90. The second kappa shape index (κ2) is 3.62. The second-order valence-corrected chi connectivity index (χ2v) is 4.89. The molecule has 2 N–H and O–H groups in total. The average Bonchev–Trinajstić information content (AvgIpc) is 2.48. The summed E-state index contributed by atoms with van der Waals surface area (Å²) in [6, 6.07) is 0. The van der Waals surface area contributed by atoms with Crippen LogP contribution in [0.1, 0.15) is 20.8 Å². The molecule has 2 rings (SSSR count). The van der Waals surface area contributed by atoms with Crippen LogP contribution in [0, 0.1) is 0 Å². The molecule has 71 valence electrons. The van der Waals surface area contributed by atoms with Gasteiger partial charge < -0.3 is 0 Å². The van der Waals surface area contributed by atoms with Crippen LogP contribution < -0.4 is 11.0 Å². The van der Waals surface area contributed by atoms with E-state index in [0.29, 0.717) is 5.71 Å². The zero-order valence-corrected chi connectivity index (χ0v) is 9.36. The Balaban J connectivity index is 2.45. The number of rotatable bonds is 1. The van der Waals surface area contributed by atoms with Crippen LogP contribution in [0.3, 0.4) is 0 Å². The molecule has 2 heterocycles. The fraction of sp³-hybridized carbons (Fsp3) is 0.500. The van der Waals surface area contributed by atoms with Gasteiger partial charge in [0.25, 0.3) is 0 Å². The first-order valence-corrected chi connectivity index (χ1v) is 5.05. The van der Waals surface area contributed by atoms with E-state index in [4.69, 9.17) is 5.73 Å². The summed E-state index contributed by atoms with van der Waals surface area (Å²) in [4.78, 5) is 0. The molecule has 2 aromatic heterocycles. The van der Waals surface area contributed by atoms with E-state index in [1.54, 1.807) is 10.6 Å². The van der Waals surface area contributed by atoms with Crippen molar-refractivity contribution < 1.29 is 0 Å². The first-order chi connectivity index (χ1) is 6.96. The number of nitrogen functional groups attached to an aromatic ring is 1. The summed E-state index contributed by atoms with van der Waals surface area (Å²) in [5.41, 5.74) is 6.57. The van der Waals surface area contributed by atoms with E-state index in [0.717, 1.165) is 10.6 Å². The van der Waals surface area contributed by atoms with Crippen molar-refractivity contribution in [3.05, 3.63) is 6.09 Å². The Bertz CT molecular complexity index is 488. The third kappa shape index (κ3) is 2.39. The van der Waals surface area contributed by atoms with Gasteiger partial charge in [0.1, 0.15) is 0 Å². The Morgan fingerprint density at radius 2 is 2.13 bits per heavy atom. The Hall–Kier alpha value is -0.860. The Kier molecular flexibility index (Phi) is 2.57. The molecule has 3 nitrogen and oxygen atoms in total. The molecule has 7 heteroatoms. The molecule has 0 spiro atoms. The summed E-state index contributed by atoms with van der Waals surface area (Å²) in [6.45, 7) is 12.5. The van der Waals surface area contributed by atoms with Crippen LogP contribution in [0.25, 0.3) is 5.31 Å². The Morgan fingerprint density at radius 3 is 2.80 bits per heavy atom. The van der Waals surface area contributed by atoms with E-state index < -0.39 is 0 Å². The molecular weight excluding hydrogens is 181 g/mol. The van der Waals surface area contributed by atoms with Crippen molar-refractivity contribution in [2.45, 2.75) is 26.1 Å². The van der Waals surface area contributed by atoms with Crippen molar-refractivity contribution >= 4 is 44.3 Å². The van der Waals surface area contributed by atoms with Crippen molar-refractivity contribution in [1.29, 1.82) is 0 Å². The van der Waals surface area contributed by atoms with Gasteiger partial charge in [0.15, 0.2) is 0 Å². The SMILES string of the molecule is CC(C)(C)[B]c1bc(N)n2ncbc2b1. The van der Waals surface area contributed by atoms with Gasteiger partial charge in [0.2, 0.25) is 0 Å². The molecule has 15 heavy (non-hydrogen) atoms. The molecule has 0 aliphatic heterocycles. The minimum atomic E-state index is 0.158. The van der Waals surface area contributed by atoms with Crippen LogP contribution in [-0.2, 0) is 0 Å². The van der Waals surface area contributed by atoms with Crippen LogP contribution in [0.4, 0.5) is 5.71 Å². The quantitative estimate of drug-likeness (QED) is 0.620. The Morgan fingerprint density at radius 1 is 1.40 bits per heavy atom. The second-order valence-electron chi connectivity index (χ2n) is 4.89. The van der Waals surface area contributed by atoms with Crippen LogP contribution in [0.5, 0.6) is 0 Å². The molecule has 0 aliphatic rings. The third-order valence-electron chi connectivity index (χ3n) is 2.15. The standard InChI is InChI=1S/C8H12B4N3/c1-8(2,3)12-5-10-6-9-4-14-15(6)7(13)11-5/h4H,13H2,1-3H3. The average molecular weight is 193 g/mol. The Labute approximate surface area is 92.3 Å². The number of nitrogens with two attached hydrogens (primary N) is 1. The molecule has 2 aromatic rings. The molecule has 0 unspecified atom stereocenters. The van der Waals surface area contributed by atoms with Crippen molar-refractivity contribution in [1.82, 2.24) is 9.61 Å². The van der Waals surface area contributed by atoms with E-state index in [9.17, 15) is 0 Å². The van der Waals surface area contributed by atoms with Gasteiger partial charge >= 0.3 is 91.8 Å². The normalized spacial score (nSPS) is 11.1. The summed E-state index contributed by atoms with van der Waals surface area (Å²) >= 11 is 0. The molecular formula is C8H12B4N3. The van der Waals surface area contributed by atoms with Gasteiger partial charge in [-0.05, 0) is 0 Å². The fourth-order valence-corrected chi connectivity index (χ4v) is 1.67. The number of hydrogen-bond acceptors (Lipinski definition) is 2. The van der Waals surface area contributed by atoms with Crippen LogP contribution >= 0.6 is 0 Å². The van der Waals surface area contributed by atoms with Crippen LogP contribution in [-0.4, -0.2) is 37.6 Å². The third-order valence-corrected chi connectivity index (χ3v) is 2.15. The van der Waals surface area contributed by atoms with Crippen molar-refractivity contribution in [2.75, 3.05) is 5.73 Å². The molecule has 0 fully saturated rings. The molecule has 0 saturated heterocycles. The number of nitrogens with zero attached hydrogens (tertiary/aromatic N) is 2. The van der Waals surface area contributed by atoms with Gasteiger partial charge in [-0.2, -0.15) is 0 Å². The number of hydrogen-bond donors (Lipinski definition) is 1. The van der Waals surface area contributed by atoms with Gasteiger partial charge in [0.05, 0.1) is 0 Å². The number of aromatic nitrogens is 2. The van der Waals surface area contributed by atoms with Gasteiger partial charge in [-0.15, -0.1) is 0 Å². The van der Waals surface area contributed by atoms with E-state index in [1.165, 1.54) is 0 Å². The number of fused-ring (bicyclic) bond motifs is 1. The van der Waals surface area contributed by atoms with Crippen molar-refractivity contribution in [3.63, 3.8) is 0 Å². The first-order valence-electron chi connectivity index (χ1n) is 5.05. The topological polar surface area (TPSA) is 43.3 Å². The van der Waals surface area contributed by atoms with Gasteiger partial charge in [-0.25, -0.2) is 0 Å². The zero-order valence-electron chi connectivity index (χ0n) is 9.36. The molecule has 0 aromatic carbocycles. The van der Waals surface area contributed by atoms with E-state index in [1.807, 2.05) is 13.8 Å². The molecule has 0 amide bonds. The molecule has 1 radical (unpaired) electrons. The summed E-state index contributed by atoms with van der Waals surface area (Å²) in [5.74, 6) is 0. The van der Waals surface area contributed by atoms with Crippen molar-refractivity contribution in [3.8, 4) is 0 Å². The van der Waals surface area contributed by atoms with Crippen LogP contribution in [0.2, 0.25) is 5.31 Å². The summed E-state index contributed by atoms with van der Waals surface area (Å²) in [5, 5.41) is 6.47. The fourth-order valence-electron chi connectivity index (χ4n) is 1.67. The first kappa shape index (κ1) is 10.7. The van der Waals surface area contributed by atoms with Gasteiger partial charge in [-0.3, -0.25) is 0 Å². The monoisotopic (exact) mass is 194 g/mol. The summed E-state index contributed by atoms with van der Waals surface area (Å²) in [7, 11) is 2.20. The molecule has 0 aliphatic carbocycles. The van der Waals surface area contributed by atoms with Crippen molar-refractivity contribution in [2.24, 2.45) is 0 Å². The van der Waals surface area contributed by atoms with Crippen LogP contribution in [0.15, 0.2) is 6.09 Å². The van der Waals surface area contributed by atoms with E-state index in [2.05, 4.69) is 40.1 Å². The van der Waals surface area contributed by atoms with E-state index >= 15 is 0 Å². The van der Waals surface area contributed by atoms with Gasteiger partial charge in [0, 0.05) is 0 Å². The predicted molar refractivity (Wildman–Crippen MR) is 68.7 cm³/mol. The summed E-state index contributed by atoms with van der Waals surface area (Å²) in [6.07, 6.45) is 1.76. The van der Waals surface area contributed by atoms with E-state index in [-0.39, 0.29) is 5.31 Å². The number of anilines is 1.